The number of hydrogen-bond donors (Lipinski definition) is 3. The van der Waals surface area contributed by atoms with E-state index >= 15 is 0 Å². The van der Waals surface area contributed by atoms with Crippen LogP contribution in [-0.4, -0.2) is 43.7 Å². The second-order valence-electron chi connectivity index (χ2n) is 3.96. The first-order chi connectivity index (χ1) is 8.74. The molecule has 3 N–H and O–H groups in total. The highest BCUT2D eigenvalue weighted by Crippen LogP contribution is 2.29. The molecule has 7 heteroatoms. The first kappa shape index (κ1) is 13.1. The predicted octanol–water partition coefficient (Wildman–Crippen LogP) is 1.65. The number of hydrogen-bond acceptors (Lipinski definition) is 6. The standard InChI is InChI=1S/C11H17N5OS/c1-3-12-11-14-9-8(6-13-16-9)10(15-11)18-7(2)4-5-17/h6-7,17H,3-5H2,1-2H3,(H2,12,13,14,15,16). The lowest BCUT2D eigenvalue weighted by atomic mass is 10.3. The van der Waals surface area contributed by atoms with Crippen LogP contribution in [0, 0.1) is 0 Å². The average Bonchev–Trinajstić information content (AvgIpc) is 2.78. The smallest absolute Gasteiger partial charge is 0.225 e. The van der Waals surface area contributed by atoms with E-state index < -0.39 is 0 Å². The third kappa shape index (κ3) is 2.91. The fourth-order valence-electron chi connectivity index (χ4n) is 1.57. The van der Waals surface area contributed by atoms with Gasteiger partial charge in [-0.05, 0) is 13.3 Å². The van der Waals surface area contributed by atoms with E-state index in [2.05, 4.69) is 32.4 Å². The van der Waals surface area contributed by atoms with Gasteiger partial charge in [-0.25, -0.2) is 4.98 Å². The van der Waals surface area contributed by atoms with E-state index in [1.54, 1.807) is 18.0 Å². The SMILES string of the molecule is CCNc1nc(SC(C)CCO)c2cn[nH]c2n1. The van der Waals surface area contributed by atoms with Crippen LogP contribution in [0.3, 0.4) is 0 Å². The average molecular weight is 267 g/mol. The Morgan fingerprint density at radius 1 is 1.50 bits per heavy atom. The molecule has 0 saturated heterocycles. The molecule has 1 unspecified atom stereocenters. The van der Waals surface area contributed by atoms with Gasteiger partial charge >= 0.3 is 0 Å². The molecule has 0 spiro atoms. The van der Waals surface area contributed by atoms with Gasteiger partial charge in [0.15, 0.2) is 5.65 Å². The summed E-state index contributed by atoms with van der Waals surface area (Å²) in [5, 5.41) is 21.0. The molecule has 0 aliphatic rings. The summed E-state index contributed by atoms with van der Waals surface area (Å²) in [5.41, 5.74) is 0.736. The number of aromatic amines is 1. The van der Waals surface area contributed by atoms with Crippen LogP contribution in [0.2, 0.25) is 0 Å². The Hall–Kier alpha value is -1.34. The molecule has 0 aliphatic carbocycles. The first-order valence-electron chi connectivity index (χ1n) is 5.97. The lowest BCUT2D eigenvalue weighted by molar-refractivity contribution is 0.289. The molecule has 2 aromatic rings. The van der Waals surface area contributed by atoms with Gasteiger partial charge in [0, 0.05) is 18.4 Å². The molecule has 0 aromatic carbocycles. The Morgan fingerprint density at radius 3 is 3.06 bits per heavy atom. The van der Waals surface area contributed by atoms with E-state index in [4.69, 9.17) is 5.11 Å². The number of fused-ring (bicyclic) bond motifs is 1. The monoisotopic (exact) mass is 267 g/mol. The summed E-state index contributed by atoms with van der Waals surface area (Å²) < 4.78 is 0. The van der Waals surface area contributed by atoms with Crippen LogP contribution in [0.5, 0.6) is 0 Å². The molecule has 98 valence electrons. The van der Waals surface area contributed by atoms with Crippen molar-refractivity contribution in [3.05, 3.63) is 6.20 Å². The van der Waals surface area contributed by atoms with E-state index in [9.17, 15) is 0 Å². The van der Waals surface area contributed by atoms with E-state index in [1.807, 2.05) is 6.92 Å². The maximum Gasteiger partial charge on any atom is 0.225 e. The molecule has 0 saturated carbocycles. The molecule has 2 heterocycles. The molecule has 2 rings (SSSR count). The van der Waals surface area contributed by atoms with Crippen LogP contribution >= 0.6 is 11.8 Å². The summed E-state index contributed by atoms with van der Waals surface area (Å²) >= 11 is 1.63. The Bertz CT molecular complexity index is 515. The van der Waals surface area contributed by atoms with Crippen LogP contribution in [0.15, 0.2) is 11.2 Å². The summed E-state index contributed by atoms with van der Waals surface area (Å²) in [7, 11) is 0. The Balaban J connectivity index is 2.31. The van der Waals surface area contributed by atoms with E-state index in [0.29, 0.717) is 11.2 Å². The highest BCUT2D eigenvalue weighted by molar-refractivity contribution is 8.00. The zero-order chi connectivity index (χ0) is 13.0. The Labute approximate surface area is 110 Å². The van der Waals surface area contributed by atoms with Gasteiger partial charge in [-0.15, -0.1) is 11.8 Å². The normalized spacial score (nSPS) is 12.8. The molecule has 0 amide bonds. The summed E-state index contributed by atoms with van der Waals surface area (Å²) in [6, 6.07) is 0. The first-order valence-corrected chi connectivity index (χ1v) is 6.85. The van der Waals surface area contributed by atoms with Crippen LogP contribution in [0.4, 0.5) is 5.95 Å². The minimum Gasteiger partial charge on any atom is -0.396 e. The molecule has 0 fully saturated rings. The number of nitrogens with zero attached hydrogens (tertiary/aromatic N) is 3. The molecular weight excluding hydrogens is 250 g/mol. The van der Waals surface area contributed by atoms with Gasteiger partial charge in [-0.1, -0.05) is 6.92 Å². The van der Waals surface area contributed by atoms with Crippen molar-refractivity contribution >= 4 is 28.7 Å². The van der Waals surface area contributed by atoms with Crippen molar-refractivity contribution in [1.82, 2.24) is 20.2 Å². The summed E-state index contributed by atoms with van der Waals surface area (Å²) in [5.74, 6) is 0.605. The van der Waals surface area contributed by atoms with Gasteiger partial charge < -0.3 is 10.4 Å². The number of rotatable bonds is 6. The van der Waals surface area contributed by atoms with Crippen LogP contribution in [0.25, 0.3) is 11.0 Å². The molecule has 0 radical (unpaired) electrons. The van der Waals surface area contributed by atoms with E-state index in [1.165, 1.54) is 0 Å². The minimum absolute atomic E-state index is 0.188. The van der Waals surface area contributed by atoms with Crippen LogP contribution in [0.1, 0.15) is 20.3 Å². The van der Waals surface area contributed by atoms with Crippen molar-refractivity contribution < 1.29 is 5.11 Å². The predicted molar refractivity (Wildman–Crippen MR) is 72.9 cm³/mol. The van der Waals surface area contributed by atoms with Crippen molar-refractivity contribution in [2.75, 3.05) is 18.5 Å². The number of nitrogens with one attached hydrogen (secondary N) is 2. The third-order valence-corrected chi connectivity index (χ3v) is 3.63. The van der Waals surface area contributed by atoms with E-state index in [-0.39, 0.29) is 6.61 Å². The lowest BCUT2D eigenvalue weighted by Gasteiger charge is -2.10. The van der Waals surface area contributed by atoms with Crippen LogP contribution < -0.4 is 5.32 Å². The van der Waals surface area contributed by atoms with E-state index in [0.717, 1.165) is 29.0 Å². The van der Waals surface area contributed by atoms with Crippen molar-refractivity contribution in [2.24, 2.45) is 0 Å². The van der Waals surface area contributed by atoms with Crippen molar-refractivity contribution in [1.29, 1.82) is 0 Å². The fraction of sp³-hybridized carbons (Fsp3) is 0.545. The molecule has 0 aliphatic heterocycles. The second-order valence-corrected chi connectivity index (χ2v) is 5.38. The van der Waals surface area contributed by atoms with Crippen molar-refractivity contribution in [3.8, 4) is 0 Å². The molecule has 18 heavy (non-hydrogen) atoms. The van der Waals surface area contributed by atoms with Crippen molar-refractivity contribution in [2.45, 2.75) is 30.5 Å². The summed E-state index contributed by atoms with van der Waals surface area (Å²) in [4.78, 5) is 8.82. The summed E-state index contributed by atoms with van der Waals surface area (Å²) in [6.07, 6.45) is 2.48. The molecule has 0 bridgehead atoms. The fourth-order valence-corrected chi connectivity index (χ4v) is 2.59. The zero-order valence-electron chi connectivity index (χ0n) is 10.5. The maximum absolute atomic E-state index is 8.95. The number of H-pyrrole nitrogens is 1. The molecule has 2 aromatic heterocycles. The van der Waals surface area contributed by atoms with Gasteiger partial charge in [-0.2, -0.15) is 10.1 Å². The third-order valence-electron chi connectivity index (χ3n) is 2.46. The summed E-state index contributed by atoms with van der Waals surface area (Å²) in [6.45, 7) is 5.04. The highest BCUT2D eigenvalue weighted by Gasteiger charge is 2.12. The Morgan fingerprint density at radius 2 is 2.33 bits per heavy atom. The van der Waals surface area contributed by atoms with Gasteiger partial charge in [0.2, 0.25) is 5.95 Å². The lowest BCUT2D eigenvalue weighted by Crippen LogP contribution is -2.05. The number of anilines is 1. The molecular formula is C11H17N5OS. The largest absolute Gasteiger partial charge is 0.396 e. The molecule has 1 atom stereocenters. The number of aliphatic hydroxyl groups is 1. The number of thioether (sulfide) groups is 1. The minimum atomic E-state index is 0.188. The van der Waals surface area contributed by atoms with Crippen LogP contribution in [-0.2, 0) is 0 Å². The van der Waals surface area contributed by atoms with Gasteiger partial charge in [0.25, 0.3) is 0 Å². The highest BCUT2D eigenvalue weighted by atomic mass is 32.2. The second kappa shape index (κ2) is 6.01. The Kier molecular flexibility index (Phi) is 4.38. The quantitative estimate of drug-likeness (QED) is 0.545. The number of aliphatic hydroxyl groups excluding tert-OH is 1. The van der Waals surface area contributed by atoms with Gasteiger partial charge in [-0.3, -0.25) is 5.10 Å². The number of aromatic nitrogens is 4. The molecule has 6 nitrogen and oxygen atoms in total. The van der Waals surface area contributed by atoms with Gasteiger partial charge in [0.1, 0.15) is 5.03 Å². The topological polar surface area (TPSA) is 86.7 Å². The zero-order valence-corrected chi connectivity index (χ0v) is 11.3. The van der Waals surface area contributed by atoms with Crippen molar-refractivity contribution in [3.63, 3.8) is 0 Å². The van der Waals surface area contributed by atoms with Gasteiger partial charge in [0.05, 0.1) is 11.6 Å². The maximum atomic E-state index is 8.95.